The number of aromatic nitrogens is 1. The second kappa shape index (κ2) is 10.9. The number of hydrogen-bond acceptors (Lipinski definition) is 6. The first kappa shape index (κ1) is 24.0. The molecule has 7 nitrogen and oxygen atoms in total. The van der Waals surface area contributed by atoms with E-state index in [0.29, 0.717) is 35.9 Å². The molecule has 0 spiro atoms. The highest BCUT2D eigenvalue weighted by Gasteiger charge is 2.36. The Balaban J connectivity index is 1.49. The number of aliphatic hydroxyl groups is 1. The zero-order valence-corrected chi connectivity index (χ0v) is 19.5. The molecule has 1 aliphatic heterocycles. The first-order chi connectivity index (χ1) is 16.5. The van der Waals surface area contributed by atoms with Crippen LogP contribution in [0.15, 0.2) is 77.7 Å². The van der Waals surface area contributed by atoms with Crippen molar-refractivity contribution >= 4 is 18.0 Å². The van der Waals surface area contributed by atoms with Gasteiger partial charge < -0.3 is 14.7 Å². The molecule has 0 aliphatic carbocycles. The normalized spacial score (nSPS) is 17.2. The first-order valence-electron chi connectivity index (χ1n) is 11.0. The van der Waals surface area contributed by atoms with E-state index in [-0.39, 0.29) is 18.1 Å². The molecule has 3 aromatic rings. The van der Waals surface area contributed by atoms with Gasteiger partial charge in [0.1, 0.15) is 12.8 Å². The summed E-state index contributed by atoms with van der Waals surface area (Å²) in [6.07, 6.45) is 1.05. The van der Waals surface area contributed by atoms with Crippen molar-refractivity contribution < 1.29 is 19.1 Å². The number of halogens is 1. The number of aliphatic hydroxyl groups excluding tert-OH is 1. The van der Waals surface area contributed by atoms with E-state index in [1.807, 2.05) is 60.7 Å². The summed E-state index contributed by atoms with van der Waals surface area (Å²) in [4.78, 5) is 27.2. The molecule has 0 radical (unpaired) electrons. The Morgan fingerprint density at radius 1 is 1.06 bits per heavy atom. The average Bonchev–Trinajstić information content (AvgIpc) is 2.94. The van der Waals surface area contributed by atoms with Crippen molar-refractivity contribution in [3.8, 4) is 5.75 Å². The van der Waals surface area contributed by atoms with Crippen LogP contribution in [0.4, 0.5) is 4.48 Å². The molecule has 1 aromatic heterocycles. The van der Waals surface area contributed by atoms with E-state index >= 15 is 4.48 Å². The summed E-state index contributed by atoms with van der Waals surface area (Å²) < 4.78 is 22.7. The van der Waals surface area contributed by atoms with Crippen LogP contribution < -0.4 is 10.2 Å². The summed E-state index contributed by atoms with van der Waals surface area (Å²) in [5.74, 6) is -0.619. The highest BCUT2D eigenvalue weighted by atomic mass is 32.2. The van der Waals surface area contributed by atoms with Crippen LogP contribution in [0.2, 0.25) is 0 Å². The Bertz CT molecular complexity index is 1180. The largest absolute Gasteiger partial charge is 0.483 e. The molecule has 0 saturated carbocycles. The molecule has 4 rings (SSSR count). The zero-order chi connectivity index (χ0) is 24.1. The minimum Gasteiger partial charge on any atom is -0.483 e. The molecule has 1 N–H and O–H groups in total. The van der Waals surface area contributed by atoms with Crippen molar-refractivity contribution in [2.75, 3.05) is 7.05 Å². The molecule has 178 valence electrons. The number of pyridine rings is 1. The fourth-order valence-electron chi connectivity index (χ4n) is 3.84. The second-order valence-electron chi connectivity index (χ2n) is 8.07. The lowest BCUT2D eigenvalue weighted by molar-refractivity contribution is 0.00617. The predicted molar refractivity (Wildman–Crippen MR) is 129 cm³/mol. The lowest BCUT2D eigenvalue weighted by atomic mass is 10.0. The standard InChI is InChI=1S/C25H26FN3O4S/c1-27-22(14-8-13-20(30)19-11-6-3-7-12-19)29(26)34-28-16-15-21(31)24(23(28)25(27)32)33-17-18-9-4-2-5-10-18/h2-7,9-12,15-16,20,22,30H,8,13-14,17H2,1H3. The summed E-state index contributed by atoms with van der Waals surface area (Å²) in [7, 11) is 1.50. The van der Waals surface area contributed by atoms with E-state index in [9.17, 15) is 14.7 Å². The number of nitrogens with zero attached hydrogens (tertiary/aromatic N) is 3. The molecule has 1 aliphatic rings. The minimum atomic E-state index is -0.877. The third kappa shape index (κ3) is 5.32. The van der Waals surface area contributed by atoms with Gasteiger partial charge >= 0.3 is 0 Å². The molecule has 0 fully saturated rings. The Kier molecular flexibility index (Phi) is 7.66. The van der Waals surface area contributed by atoms with E-state index in [0.717, 1.165) is 11.1 Å². The Morgan fingerprint density at radius 2 is 1.74 bits per heavy atom. The van der Waals surface area contributed by atoms with Crippen LogP contribution >= 0.6 is 12.1 Å². The van der Waals surface area contributed by atoms with E-state index in [1.165, 1.54) is 28.2 Å². The maximum absolute atomic E-state index is 15.1. The number of fused-ring (bicyclic) bond motifs is 1. The highest BCUT2D eigenvalue weighted by Crippen LogP contribution is 2.32. The van der Waals surface area contributed by atoms with Gasteiger partial charge in [-0.2, -0.15) is 0 Å². The summed E-state index contributed by atoms with van der Waals surface area (Å²) in [6.45, 7) is 0.106. The van der Waals surface area contributed by atoms with Crippen LogP contribution in [0.5, 0.6) is 5.75 Å². The van der Waals surface area contributed by atoms with Gasteiger partial charge in [0.05, 0.1) is 18.2 Å². The molecule has 1 amide bonds. The molecule has 2 heterocycles. The van der Waals surface area contributed by atoms with Gasteiger partial charge in [-0.1, -0.05) is 60.7 Å². The Morgan fingerprint density at radius 3 is 2.44 bits per heavy atom. The van der Waals surface area contributed by atoms with Gasteiger partial charge in [-0.25, -0.2) is 0 Å². The summed E-state index contributed by atoms with van der Waals surface area (Å²) in [5.41, 5.74) is 1.18. The number of ether oxygens (including phenoxy) is 1. The van der Waals surface area contributed by atoms with Crippen LogP contribution in [0.1, 0.15) is 47.0 Å². The molecule has 9 heteroatoms. The van der Waals surface area contributed by atoms with Crippen molar-refractivity contribution in [3.05, 3.63) is 100.0 Å². The van der Waals surface area contributed by atoms with Crippen LogP contribution in [-0.2, 0) is 6.61 Å². The van der Waals surface area contributed by atoms with Crippen molar-refractivity contribution in [1.82, 2.24) is 13.4 Å². The second-order valence-corrected chi connectivity index (χ2v) is 8.97. The number of hydrogen-bond donors (Lipinski definition) is 1. The molecule has 0 saturated heterocycles. The molecule has 0 bridgehead atoms. The minimum absolute atomic E-state index is 0.00889. The van der Waals surface area contributed by atoms with Gasteiger partial charge in [-0.3, -0.25) is 13.6 Å². The number of carbonyl (C=O) groups is 1. The maximum atomic E-state index is 15.1. The van der Waals surface area contributed by atoms with Gasteiger partial charge in [0, 0.05) is 19.3 Å². The number of rotatable bonds is 8. The van der Waals surface area contributed by atoms with Gasteiger partial charge in [0.25, 0.3) is 5.91 Å². The average molecular weight is 484 g/mol. The smallest absolute Gasteiger partial charge is 0.276 e. The van der Waals surface area contributed by atoms with E-state index in [2.05, 4.69) is 0 Å². The van der Waals surface area contributed by atoms with Gasteiger partial charge in [0.2, 0.25) is 5.43 Å². The lowest BCUT2D eigenvalue weighted by Gasteiger charge is -2.28. The van der Waals surface area contributed by atoms with Gasteiger partial charge in [0.15, 0.2) is 11.4 Å². The van der Waals surface area contributed by atoms with Crippen LogP contribution in [0.25, 0.3) is 0 Å². The highest BCUT2D eigenvalue weighted by molar-refractivity contribution is 7.95. The zero-order valence-electron chi connectivity index (χ0n) is 18.7. The van der Waals surface area contributed by atoms with E-state index in [1.54, 1.807) is 0 Å². The SMILES string of the molecule is CN1C(=O)c2c(OCc3ccccc3)c(=O)ccn2SN(F)C1CCCC(O)c1ccccc1. The van der Waals surface area contributed by atoms with Crippen molar-refractivity contribution in [2.24, 2.45) is 0 Å². The molecule has 2 unspecified atom stereocenters. The van der Waals surface area contributed by atoms with Crippen molar-refractivity contribution in [1.29, 1.82) is 0 Å². The van der Waals surface area contributed by atoms with E-state index in [4.69, 9.17) is 4.74 Å². The third-order valence-electron chi connectivity index (χ3n) is 5.74. The van der Waals surface area contributed by atoms with E-state index < -0.39 is 23.6 Å². The number of carbonyl (C=O) groups excluding carboxylic acids is 1. The topological polar surface area (TPSA) is 75.0 Å². The predicted octanol–water partition coefficient (Wildman–Crippen LogP) is 4.34. The van der Waals surface area contributed by atoms with Crippen LogP contribution in [0.3, 0.4) is 0 Å². The monoisotopic (exact) mass is 483 g/mol. The third-order valence-corrected chi connectivity index (χ3v) is 6.62. The Hall–Kier alpha value is -3.14. The van der Waals surface area contributed by atoms with Crippen molar-refractivity contribution in [2.45, 2.75) is 38.1 Å². The maximum Gasteiger partial charge on any atom is 0.276 e. The fraction of sp³-hybridized carbons (Fsp3) is 0.280. The number of amides is 1. The summed E-state index contributed by atoms with van der Waals surface area (Å²) in [6, 6.07) is 19.8. The van der Waals surface area contributed by atoms with Crippen molar-refractivity contribution in [3.63, 3.8) is 0 Å². The van der Waals surface area contributed by atoms with Crippen LogP contribution in [0, 0.1) is 0 Å². The Labute approximate surface area is 201 Å². The van der Waals surface area contributed by atoms with Gasteiger partial charge in [-0.05, 0) is 34.9 Å². The molecule has 34 heavy (non-hydrogen) atoms. The summed E-state index contributed by atoms with van der Waals surface area (Å²) >= 11 is 0.687. The first-order valence-corrected chi connectivity index (χ1v) is 11.7. The summed E-state index contributed by atoms with van der Waals surface area (Å²) in [5, 5.41) is 10.4. The molecule has 2 atom stereocenters. The van der Waals surface area contributed by atoms with Gasteiger partial charge in [-0.15, -0.1) is 4.48 Å². The van der Waals surface area contributed by atoms with Crippen LogP contribution in [-0.4, -0.2) is 37.6 Å². The molecular weight excluding hydrogens is 457 g/mol. The molecular formula is C25H26FN3O4S. The fourth-order valence-corrected chi connectivity index (χ4v) is 4.72. The quantitative estimate of drug-likeness (QED) is 0.380. The molecule has 2 aromatic carbocycles. The number of benzene rings is 2. The lowest BCUT2D eigenvalue weighted by Crippen LogP contribution is -2.42.